The Balaban J connectivity index is 2.06. The van der Waals surface area contributed by atoms with Crippen LogP contribution in [0.3, 0.4) is 0 Å². The second-order valence-corrected chi connectivity index (χ2v) is 5.44. The Morgan fingerprint density at radius 1 is 1.50 bits per heavy atom. The summed E-state index contributed by atoms with van der Waals surface area (Å²) in [6.07, 6.45) is 2.76. The van der Waals surface area contributed by atoms with Crippen molar-refractivity contribution in [3.8, 4) is 11.5 Å². The molecule has 0 bridgehead atoms. The van der Waals surface area contributed by atoms with Gasteiger partial charge >= 0.3 is 0 Å². The van der Waals surface area contributed by atoms with Gasteiger partial charge in [0.2, 0.25) is 0 Å². The van der Waals surface area contributed by atoms with Crippen molar-refractivity contribution in [2.45, 2.75) is 31.3 Å². The molecule has 6 heteroatoms. The second-order valence-electron chi connectivity index (χ2n) is 4.02. The molecule has 0 aliphatic heterocycles. The van der Waals surface area contributed by atoms with E-state index in [0.29, 0.717) is 22.8 Å². The van der Waals surface area contributed by atoms with E-state index in [9.17, 15) is 0 Å². The molecular formula is C12H16N4OS. The predicted molar refractivity (Wildman–Crippen MR) is 73.0 cm³/mol. The van der Waals surface area contributed by atoms with Gasteiger partial charge in [-0.1, -0.05) is 19.0 Å². The number of nitrogens with zero attached hydrogens (tertiary/aromatic N) is 3. The monoisotopic (exact) mass is 264 g/mol. The minimum Gasteiger partial charge on any atom is -0.384 e. The largest absolute Gasteiger partial charge is 0.384 e. The van der Waals surface area contributed by atoms with Crippen LogP contribution < -0.4 is 5.73 Å². The van der Waals surface area contributed by atoms with Gasteiger partial charge < -0.3 is 10.3 Å². The quantitative estimate of drug-likeness (QED) is 0.894. The number of anilines is 1. The topological polar surface area (TPSA) is 77.8 Å². The first-order chi connectivity index (χ1) is 8.69. The highest BCUT2D eigenvalue weighted by molar-refractivity contribution is 7.99. The third kappa shape index (κ3) is 3.22. The fourth-order valence-electron chi connectivity index (χ4n) is 1.35. The number of nitrogen functional groups attached to an aromatic ring is 1. The summed E-state index contributed by atoms with van der Waals surface area (Å²) >= 11 is 1.82. The van der Waals surface area contributed by atoms with Crippen molar-refractivity contribution in [3.05, 3.63) is 24.2 Å². The van der Waals surface area contributed by atoms with Gasteiger partial charge in [0.15, 0.2) is 5.82 Å². The minimum atomic E-state index is 0.446. The fraction of sp³-hybridized carbons (Fsp3) is 0.417. The van der Waals surface area contributed by atoms with Crippen LogP contribution in [0.2, 0.25) is 0 Å². The number of nitrogens with two attached hydrogens (primary N) is 1. The van der Waals surface area contributed by atoms with Gasteiger partial charge in [-0.15, -0.1) is 0 Å². The third-order valence-electron chi connectivity index (χ3n) is 2.57. The Kier molecular flexibility index (Phi) is 4.19. The van der Waals surface area contributed by atoms with Crippen LogP contribution in [0.5, 0.6) is 0 Å². The molecule has 2 N–H and O–H groups in total. The van der Waals surface area contributed by atoms with Gasteiger partial charge in [-0.25, -0.2) is 4.98 Å². The number of thioether (sulfide) groups is 1. The molecule has 2 heterocycles. The van der Waals surface area contributed by atoms with Gasteiger partial charge in [-0.05, 0) is 18.6 Å². The fourth-order valence-corrected chi connectivity index (χ4v) is 2.13. The molecule has 0 saturated carbocycles. The summed E-state index contributed by atoms with van der Waals surface area (Å²) < 4.78 is 5.21. The van der Waals surface area contributed by atoms with E-state index in [1.807, 2.05) is 11.8 Å². The van der Waals surface area contributed by atoms with E-state index < -0.39 is 0 Å². The highest BCUT2D eigenvalue weighted by Gasteiger charge is 2.10. The number of pyridine rings is 1. The number of hydrogen-bond donors (Lipinski definition) is 1. The molecule has 5 nitrogen and oxygen atoms in total. The van der Waals surface area contributed by atoms with Crippen LogP contribution in [0.4, 0.5) is 5.82 Å². The van der Waals surface area contributed by atoms with Crippen molar-refractivity contribution in [2.24, 2.45) is 0 Å². The summed E-state index contributed by atoms with van der Waals surface area (Å²) in [6, 6.07) is 3.52. The van der Waals surface area contributed by atoms with E-state index in [2.05, 4.69) is 29.0 Å². The van der Waals surface area contributed by atoms with Gasteiger partial charge in [0, 0.05) is 17.0 Å². The zero-order chi connectivity index (χ0) is 13.0. The molecule has 1 atom stereocenters. The summed E-state index contributed by atoms with van der Waals surface area (Å²) in [5.74, 6) is 2.41. The maximum absolute atomic E-state index is 5.61. The standard InChI is InChI=1S/C12H16N4OS/c1-3-8(2)18-7-11-15-12(17-16-11)9-4-5-14-10(13)6-9/h4-6,8H,3,7H2,1-2H3,(H2,13,14). The maximum Gasteiger partial charge on any atom is 0.258 e. The average Bonchev–Trinajstić information content (AvgIpc) is 2.84. The lowest BCUT2D eigenvalue weighted by Gasteiger charge is -2.04. The van der Waals surface area contributed by atoms with Crippen molar-refractivity contribution >= 4 is 17.6 Å². The zero-order valence-electron chi connectivity index (χ0n) is 10.5. The van der Waals surface area contributed by atoms with E-state index in [0.717, 1.165) is 17.7 Å². The summed E-state index contributed by atoms with van der Waals surface area (Å²) in [4.78, 5) is 8.27. The van der Waals surface area contributed by atoms with Crippen LogP contribution in [0.15, 0.2) is 22.9 Å². The molecule has 2 rings (SSSR count). The molecule has 0 fully saturated rings. The number of hydrogen-bond acceptors (Lipinski definition) is 6. The minimum absolute atomic E-state index is 0.446. The summed E-state index contributed by atoms with van der Waals surface area (Å²) in [6.45, 7) is 4.36. The second kappa shape index (κ2) is 5.86. The molecular weight excluding hydrogens is 248 g/mol. The van der Waals surface area contributed by atoms with Crippen molar-refractivity contribution in [1.82, 2.24) is 15.1 Å². The molecule has 18 heavy (non-hydrogen) atoms. The zero-order valence-corrected chi connectivity index (χ0v) is 11.3. The van der Waals surface area contributed by atoms with E-state index >= 15 is 0 Å². The molecule has 96 valence electrons. The first-order valence-electron chi connectivity index (χ1n) is 5.85. The van der Waals surface area contributed by atoms with Gasteiger partial charge in [-0.3, -0.25) is 0 Å². The van der Waals surface area contributed by atoms with Gasteiger partial charge in [0.1, 0.15) is 5.82 Å². The van der Waals surface area contributed by atoms with E-state index in [1.165, 1.54) is 0 Å². The van der Waals surface area contributed by atoms with Crippen molar-refractivity contribution in [2.75, 3.05) is 5.73 Å². The predicted octanol–water partition coefficient (Wildman–Crippen LogP) is 2.75. The van der Waals surface area contributed by atoms with E-state index in [-0.39, 0.29) is 0 Å². The lowest BCUT2D eigenvalue weighted by Crippen LogP contribution is -1.94. The van der Waals surface area contributed by atoms with Crippen LogP contribution >= 0.6 is 11.8 Å². The molecule has 0 radical (unpaired) electrons. The van der Waals surface area contributed by atoms with Crippen LogP contribution in [-0.4, -0.2) is 20.4 Å². The maximum atomic E-state index is 5.61. The summed E-state index contributed by atoms with van der Waals surface area (Å²) in [5.41, 5.74) is 6.41. The third-order valence-corrected chi connectivity index (χ3v) is 3.90. The lowest BCUT2D eigenvalue weighted by molar-refractivity contribution is 0.425. The first kappa shape index (κ1) is 12.9. The van der Waals surface area contributed by atoms with Crippen LogP contribution in [-0.2, 0) is 5.75 Å². The Hall–Kier alpha value is -1.56. The Labute approximate surface area is 110 Å². The van der Waals surface area contributed by atoms with Gasteiger partial charge in [0.05, 0.1) is 5.75 Å². The van der Waals surface area contributed by atoms with Gasteiger partial charge in [0.25, 0.3) is 5.89 Å². The van der Waals surface area contributed by atoms with E-state index in [4.69, 9.17) is 10.3 Å². The SMILES string of the molecule is CCC(C)SCc1noc(-c2ccnc(N)c2)n1. The molecule has 0 aliphatic carbocycles. The molecule has 0 saturated heterocycles. The van der Waals surface area contributed by atoms with E-state index in [1.54, 1.807) is 18.3 Å². The Morgan fingerprint density at radius 3 is 3.06 bits per heavy atom. The molecule has 0 aliphatic rings. The number of rotatable bonds is 5. The normalized spacial score (nSPS) is 12.6. The smallest absolute Gasteiger partial charge is 0.258 e. The highest BCUT2D eigenvalue weighted by atomic mass is 32.2. The summed E-state index contributed by atoms with van der Waals surface area (Å²) in [5, 5.41) is 4.56. The molecule has 2 aromatic heterocycles. The highest BCUT2D eigenvalue weighted by Crippen LogP contribution is 2.22. The van der Waals surface area contributed by atoms with Crippen molar-refractivity contribution in [3.63, 3.8) is 0 Å². The molecule has 2 aromatic rings. The van der Waals surface area contributed by atoms with Crippen molar-refractivity contribution < 1.29 is 4.52 Å². The van der Waals surface area contributed by atoms with Crippen LogP contribution in [0.25, 0.3) is 11.5 Å². The van der Waals surface area contributed by atoms with Crippen molar-refractivity contribution in [1.29, 1.82) is 0 Å². The molecule has 0 spiro atoms. The lowest BCUT2D eigenvalue weighted by atomic mass is 10.2. The summed E-state index contributed by atoms with van der Waals surface area (Å²) in [7, 11) is 0. The van der Waals surface area contributed by atoms with Crippen LogP contribution in [0, 0.1) is 0 Å². The Morgan fingerprint density at radius 2 is 2.33 bits per heavy atom. The number of aromatic nitrogens is 3. The molecule has 1 unspecified atom stereocenters. The Bertz CT molecular complexity index is 514. The molecule has 0 aromatic carbocycles. The molecule has 0 amide bonds. The van der Waals surface area contributed by atoms with Gasteiger partial charge in [-0.2, -0.15) is 16.7 Å². The average molecular weight is 264 g/mol. The van der Waals surface area contributed by atoms with Crippen LogP contribution in [0.1, 0.15) is 26.1 Å². The first-order valence-corrected chi connectivity index (χ1v) is 6.90.